The van der Waals surface area contributed by atoms with Crippen LogP contribution in [-0.4, -0.2) is 4.98 Å². The summed E-state index contributed by atoms with van der Waals surface area (Å²) in [7, 11) is 0. The van der Waals surface area contributed by atoms with Crippen LogP contribution >= 0.6 is 22.7 Å². The van der Waals surface area contributed by atoms with Gasteiger partial charge in [0, 0.05) is 26.0 Å². The van der Waals surface area contributed by atoms with Gasteiger partial charge in [-0.25, -0.2) is 0 Å². The van der Waals surface area contributed by atoms with Gasteiger partial charge in [-0.1, -0.05) is 113 Å². The Balaban J connectivity index is 1.48. The maximum absolute atomic E-state index is 3.82. The summed E-state index contributed by atoms with van der Waals surface area (Å²) in [5.41, 5.74) is 3.84. The Morgan fingerprint density at radius 2 is 1.26 bits per heavy atom. The summed E-state index contributed by atoms with van der Waals surface area (Å²) in [5.74, 6) is 0. The summed E-state index contributed by atoms with van der Waals surface area (Å²) in [4.78, 5) is 6.75. The topological polar surface area (TPSA) is 15.8 Å². The summed E-state index contributed by atoms with van der Waals surface area (Å²) in [6, 6.07) is 24.8. The van der Waals surface area contributed by atoms with Crippen molar-refractivity contribution < 1.29 is 0 Å². The van der Waals surface area contributed by atoms with E-state index in [2.05, 4.69) is 89.4 Å². The molecule has 3 aromatic heterocycles. The van der Waals surface area contributed by atoms with Crippen molar-refractivity contribution in [1.82, 2.24) is 4.98 Å². The molecule has 1 N–H and O–H groups in total. The summed E-state index contributed by atoms with van der Waals surface area (Å²) in [6.07, 6.45) is 13.4. The van der Waals surface area contributed by atoms with Crippen LogP contribution in [0.2, 0.25) is 0 Å². The number of thiophene rings is 2. The predicted molar refractivity (Wildman–Crippen MR) is 156 cm³/mol. The van der Waals surface area contributed by atoms with Crippen LogP contribution in [0.25, 0.3) is 21.8 Å². The fraction of sp³-hybridized carbons (Fsp3) is 0.375. The Labute approximate surface area is 218 Å². The van der Waals surface area contributed by atoms with Crippen molar-refractivity contribution in [3.05, 3.63) is 92.8 Å². The summed E-state index contributed by atoms with van der Waals surface area (Å²) >= 11 is 3.82. The molecule has 35 heavy (non-hydrogen) atoms. The van der Waals surface area contributed by atoms with E-state index in [0.717, 1.165) is 6.42 Å². The molecule has 0 radical (unpaired) electrons. The molecule has 0 atom stereocenters. The lowest BCUT2D eigenvalue weighted by molar-refractivity contribution is 0.505. The Morgan fingerprint density at radius 1 is 0.629 bits per heavy atom. The molecule has 3 heteroatoms. The smallest absolute Gasteiger partial charge is 0.0659 e. The minimum Gasteiger partial charge on any atom is -0.354 e. The lowest BCUT2D eigenvalue weighted by Crippen LogP contribution is -2.28. The third kappa shape index (κ3) is 4.99. The standard InChI is InChI=1S/C32H37NS2/c1-2-3-4-5-6-7-8-9-12-22-32(29-20-14-23-34-29,30-21-15-24-35-30)27-18-13-17-26-25-16-10-11-19-28(25)33-31(26)27/h10-11,13-21,23-24,33H,2-9,12,22H2,1H3. The number of hydrogen-bond donors (Lipinski definition) is 1. The first-order chi connectivity index (χ1) is 17.3. The zero-order valence-electron chi connectivity index (χ0n) is 20.9. The highest BCUT2D eigenvalue weighted by Crippen LogP contribution is 2.49. The molecule has 1 nitrogen and oxygen atoms in total. The number of hydrogen-bond acceptors (Lipinski definition) is 2. The summed E-state index contributed by atoms with van der Waals surface area (Å²) in [6.45, 7) is 2.30. The summed E-state index contributed by atoms with van der Waals surface area (Å²) < 4.78 is 0. The van der Waals surface area contributed by atoms with E-state index < -0.39 is 0 Å². The van der Waals surface area contributed by atoms with Crippen LogP contribution in [0.15, 0.2) is 77.5 Å². The average molecular weight is 500 g/mol. The van der Waals surface area contributed by atoms with Crippen molar-refractivity contribution in [2.45, 2.75) is 76.5 Å². The van der Waals surface area contributed by atoms with Gasteiger partial charge in [-0.2, -0.15) is 0 Å². The highest BCUT2D eigenvalue weighted by molar-refractivity contribution is 7.12. The molecule has 0 spiro atoms. The van der Waals surface area contributed by atoms with Gasteiger partial charge in [-0.05, 0) is 40.9 Å². The van der Waals surface area contributed by atoms with Gasteiger partial charge in [0.15, 0.2) is 0 Å². The van der Waals surface area contributed by atoms with E-state index in [1.54, 1.807) is 0 Å². The molecule has 182 valence electrons. The quantitative estimate of drug-likeness (QED) is 0.155. The molecule has 2 aromatic carbocycles. The SMILES string of the molecule is CCCCCCCCCCCC(c1cccs1)(c1cccs1)c1cccc2c1[nH]c1ccccc12. The van der Waals surface area contributed by atoms with Gasteiger partial charge >= 0.3 is 0 Å². The Bertz CT molecular complexity index is 1280. The molecule has 5 rings (SSSR count). The molecular weight excluding hydrogens is 462 g/mol. The Morgan fingerprint density at radius 3 is 1.91 bits per heavy atom. The Hall–Kier alpha value is -2.36. The van der Waals surface area contributed by atoms with Crippen molar-refractivity contribution >= 4 is 44.5 Å². The zero-order chi connectivity index (χ0) is 23.9. The van der Waals surface area contributed by atoms with E-state index in [1.165, 1.54) is 94.9 Å². The largest absolute Gasteiger partial charge is 0.354 e. The molecular formula is C32H37NS2. The number of para-hydroxylation sites is 2. The van der Waals surface area contributed by atoms with Crippen molar-refractivity contribution in [1.29, 1.82) is 0 Å². The van der Waals surface area contributed by atoms with Gasteiger partial charge in [0.25, 0.3) is 0 Å². The molecule has 0 unspecified atom stereocenters. The first-order valence-corrected chi connectivity index (χ1v) is 15.2. The molecule has 0 saturated heterocycles. The van der Waals surface area contributed by atoms with Crippen molar-refractivity contribution in [3.8, 4) is 0 Å². The number of fused-ring (bicyclic) bond motifs is 3. The van der Waals surface area contributed by atoms with Crippen LogP contribution in [0.3, 0.4) is 0 Å². The maximum atomic E-state index is 3.82. The van der Waals surface area contributed by atoms with Crippen LogP contribution in [0, 0.1) is 0 Å². The van der Waals surface area contributed by atoms with Crippen LogP contribution < -0.4 is 0 Å². The number of nitrogens with one attached hydrogen (secondary N) is 1. The van der Waals surface area contributed by atoms with Crippen LogP contribution in [-0.2, 0) is 5.41 Å². The van der Waals surface area contributed by atoms with Gasteiger partial charge in [-0.15, -0.1) is 22.7 Å². The fourth-order valence-electron chi connectivity index (χ4n) is 5.74. The molecule has 0 aliphatic heterocycles. The van der Waals surface area contributed by atoms with Crippen LogP contribution in [0.1, 0.15) is 86.4 Å². The highest BCUT2D eigenvalue weighted by Gasteiger charge is 2.39. The van der Waals surface area contributed by atoms with E-state index in [-0.39, 0.29) is 5.41 Å². The number of aromatic amines is 1. The lowest BCUT2D eigenvalue weighted by Gasteiger charge is -2.34. The molecule has 0 aliphatic carbocycles. The number of benzene rings is 2. The van der Waals surface area contributed by atoms with E-state index in [1.807, 2.05) is 22.7 Å². The van der Waals surface area contributed by atoms with Gasteiger partial charge in [-0.3, -0.25) is 0 Å². The second-order valence-electron chi connectivity index (χ2n) is 9.84. The fourth-order valence-corrected chi connectivity index (χ4v) is 7.77. The zero-order valence-corrected chi connectivity index (χ0v) is 22.5. The predicted octanol–water partition coefficient (Wildman–Crippen LogP) is 10.7. The molecule has 0 fully saturated rings. The molecule has 5 aromatic rings. The second-order valence-corrected chi connectivity index (χ2v) is 11.7. The molecule has 0 amide bonds. The second kappa shape index (κ2) is 11.6. The maximum Gasteiger partial charge on any atom is 0.0659 e. The number of unbranched alkanes of at least 4 members (excludes halogenated alkanes) is 8. The van der Waals surface area contributed by atoms with Gasteiger partial charge in [0.05, 0.1) is 10.9 Å². The lowest BCUT2D eigenvalue weighted by atomic mass is 9.73. The Kier molecular flexibility index (Phi) is 8.06. The van der Waals surface area contributed by atoms with Crippen molar-refractivity contribution in [2.24, 2.45) is 0 Å². The molecule has 0 saturated carbocycles. The van der Waals surface area contributed by atoms with Crippen molar-refractivity contribution in [2.75, 3.05) is 0 Å². The van der Waals surface area contributed by atoms with Crippen LogP contribution in [0.5, 0.6) is 0 Å². The third-order valence-electron chi connectivity index (χ3n) is 7.54. The highest BCUT2D eigenvalue weighted by atomic mass is 32.1. The molecule has 0 aliphatic rings. The molecule has 3 heterocycles. The van der Waals surface area contributed by atoms with Crippen molar-refractivity contribution in [3.63, 3.8) is 0 Å². The first-order valence-electron chi connectivity index (χ1n) is 13.4. The van der Waals surface area contributed by atoms with Crippen LogP contribution in [0.4, 0.5) is 0 Å². The normalized spacial score (nSPS) is 12.1. The first kappa shape index (κ1) is 24.3. The van der Waals surface area contributed by atoms with Gasteiger partial charge in [0.1, 0.15) is 0 Å². The number of aromatic nitrogens is 1. The third-order valence-corrected chi connectivity index (χ3v) is 9.60. The monoisotopic (exact) mass is 499 g/mol. The minimum atomic E-state index is -0.107. The van der Waals surface area contributed by atoms with Gasteiger partial charge in [0.2, 0.25) is 0 Å². The average Bonchev–Trinajstić information content (AvgIpc) is 3.67. The number of H-pyrrole nitrogens is 1. The van der Waals surface area contributed by atoms with E-state index in [0.29, 0.717) is 0 Å². The number of rotatable bonds is 13. The summed E-state index contributed by atoms with van der Waals surface area (Å²) in [5, 5.41) is 7.15. The van der Waals surface area contributed by atoms with E-state index in [4.69, 9.17) is 0 Å². The minimum absolute atomic E-state index is 0.107. The van der Waals surface area contributed by atoms with Gasteiger partial charge < -0.3 is 4.98 Å². The van der Waals surface area contributed by atoms with E-state index >= 15 is 0 Å². The molecule has 0 bridgehead atoms. The van der Waals surface area contributed by atoms with E-state index in [9.17, 15) is 0 Å².